The van der Waals surface area contributed by atoms with E-state index < -0.39 is 11.8 Å². The first-order chi connectivity index (χ1) is 13.1. The van der Waals surface area contributed by atoms with Crippen LogP contribution in [0.1, 0.15) is 26.4 Å². The molecular weight excluding hydrogens is 366 g/mol. The van der Waals surface area contributed by atoms with Crippen LogP contribution in [0.15, 0.2) is 60.2 Å². The van der Waals surface area contributed by atoms with E-state index in [0.717, 1.165) is 0 Å². The Morgan fingerprint density at radius 3 is 2.44 bits per heavy atom. The molecule has 27 heavy (non-hydrogen) atoms. The normalized spacial score (nSPS) is 10.1. The minimum Gasteiger partial charge on any atom is -0.298 e. The standard InChI is InChI=1S/C18H15N5O3S/c24-15(22-23-17(26)13-7-4-8-19-10-13)9-14-11-27-18(20-14)21-16(25)12-5-2-1-3-6-12/h1-8,10-11H,9H2,(H,22,24)(H,23,26)(H,20,21,25). The van der Waals surface area contributed by atoms with Crippen molar-refractivity contribution < 1.29 is 14.4 Å². The molecule has 0 aliphatic carbocycles. The van der Waals surface area contributed by atoms with Gasteiger partial charge < -0.3 is 0 Å². The Labute approximate surface area is 158 Å². The van der Waals surface area contributed by atoms with Gasteiger partial charge in [0.1, 0.15) is 0 Å². The summed E-state index contributed by atoms with van der Waals surface area (Å²) < 4.78 is 0. The van der Waals surface area contributed by atoms with Crippen LogP contribution in [0.5, 0.6) is 0 Å². The first-order valence-corrected chi connectivity index (χ1v) is 8.80. The highest BCUT2D eigenvalue weighted by Gasteiger charge is 2.12. The van der Waals surface area contributed by atoms with E-state index in [2.05, 4.69) is 26.1 Å². The summed E-state index contributed by atoms with van der Waals surface area (Å²) in [6.45, 7) is 0. The topological polar surface area (TPSA) is 113 Å². The maximum atomic E-state index is 12.1. The second-order valence-electron chi connectivity index (χ2n) is 5.38. The lowest BCUT2D eigenvalue weighted by Gasteiger charge is -2.06. The fraction of sp³-hybridized carbons (Fsp3) is 0.0556. The van der Waals surface area contributed by atoms with Gasteiger partial charge in [-0.25, -0.2) is 4.98 Å². The van der Waals surface area contributed by atoms with E-state index in [9.17, 15) is 14.4 Å². The van der Waals surface area contributed by atoms with Crippen LogP contribution in [0, 0.1) is 0 Å². The Bertz CT molecular complexity index is 944. The molecule has 0 bridgehead atoms. The summed E-state index contributed by atoms with van der Waals surface area (Å²) in [6.07, 6.45) is 2.90. The molecule has 3 amide bonds. The van der Waals surface area contributed by atoms with Gasteiger partial charge in [0.2, 0.25) is 5.91 Å². The van der Waals surface area contributed by atoms with Crippen LogP contribution in [-0.2, 0) is 11.2 Å². The lowest BCUT2D eigenvalue weighted by molar-refractivity contribution is -0.121. The van der Waals surface area contributed by atoms with Crippen molar-refractivity contribution >= 4 is 34.2 Å². The van der Waals surface area contributed by atoms with Crippen molar-refractivity contribution in [3.05, 3.63) is 77.1 Å². The highest BCUT2D eigenvalue weighted by Crippen LogP contribution is 2.16. The molecular formula is C18H15N5O3S. The highest BCUT2D eigenvalue weighted by molar-refractivity contribution is 7.14. The molecule has 0 radical (unpaired) electrons. The van der Waals surface area contributed by atoms with E-state index in [1.165, 1.54) is 17.5 Å². The van der Waals surface area contributed by atoms with Crippen LogP contribution >= 0.6 is 11.3 Å². The molecule has 0 fully saturated rings. The van der Waals surface area contributed by atoms with Crippen molar-refractivity contribution in [3.8, 4) is 0 Å². The maximum absolute atomic E-state index is 12.1. The molecule has 8 nitrogen and oxygen atoms in total. The zero-order valence-electron chi connectivity index (χ0n) is 14.0. The summed E-state index contributed by atoms with van der Waals surface area (Å²) in [4.78, 5) is 43.9. The van der Waals surface area contributed by atoms with E-state index >= 15 is 0 Å². The van der Waals surface area contributed by atoms with Crippen LogP contribution in [0.4, 0.5) is 5.13 Å². The van der Waals surface area contributed by atoms with Crippen LogP contribution < -0.4 is 16.2 Å². The Balaban J connectivity index is 1.49. The van der Waals surface area contributed by atoms with Crippen molar-refractivity contribution in [1.82, 2.24) is 20.8 Å². The molecule has 3 N–H and O–H groups in total. The third-order valence-electron chi connectivity index (χ3n) is 3.39. The summed E-state index contributed by atoms with van der Waals surface area (Å²) in [5, 5.41) is 4.75. The highest BCUT2D eigenvalue weighted by atomic mass is 32.1. The second kappa shape index (κ2) is 8.68. The van der Waals surface area contributed by atoms with E-state index in [4.69, 9.17) is 0 Å². The molecule has 0 saturated heterocycles. The van der Waals surface area contributed by atoms with Gasteiger partial charge in [-0.1, -0.05) is 18.2 Å². The number of nitrogens with zero attached hydrogens (tertiary/aromatic N) is 2. The Morgan fingerprint density at radius 1 is 0.926 bits per heavy atom. The number of pyridine rings is 1. The van der Waals surface area contributed by atoms with Gasteiger partial charge in [0.25, 0.3) is 11.8 Å². The summed E-state index contributed by atoms with van der Waals surface area (Å²) >= 11 is 1.22. The Hall–Kier alpha value is -3.59. The lowest BCUT2D eigenvalue weighted by Crippen LogP contribution is -2.42. The van der Waals surface area contributed by atoms with E-state index in [1.54, 1.807) is 48.0 Å². The van der Waals surface area contributed by atoms with Gasteiger partial charge in [-0.2, -0.15) is 0 Å². The molecule has 1 aromatic carbocycles. The lowest BCUT2D eigenvalue weighted by atomic mass is 10.2. The second-order valence-corrected chi connectivity index (χ2v) is 6.24. The number of aromatic nitrogens is 2. The molecule has 3 aromatic rings. The zero-order valence-corrected chi connectivity index (χ0v) is 14.8. The third-order valence-corrected chi connectivity index (χ3v) is 4.20. The molecule has 136 valence electrons. The minimum atomic E-state index is -0.467. The fourth-order valence-corrected chi connectivity index (χ4v) is 2.81. The quantitative estimate of drug-likeness (QED) is 0.583. The molecule has 9 heteroatoms. The first-order valence-electron chi connectivity index (χ1n) is 7.92. The van der Waals surface area contributed by atoms with Crippen LogP contribution in [0.25, 0.3) is 0 Å². The molecule has 2 aromatic heterocycles. The van der Waals surface area contributed by atoms with Gasteiger partial charge in [-0.3, -0.25) is 35.5 Å². The minimum absolute atomic E-state index is 0.0367. The van der Waals surface area contributed by atoms with Crippen molar-refractivity contribution in [3.63, 3.8) is 0 Å². The maximum Gasteiger partial charge on any atom is 0.271 e. The summed E-state index contributed by atoms with van der Waals surface area (Å²) in [7, 11) is 0. The predicted molar refractivity (Wildman–Crippen MR) is 100 cm³/mol. The molecule has 3 rings (SSSR count). The number of rotatable bonds is 5. The number of hydrogen-bond acceptors (Lipinski definition) is 6. The number of amides is 3. The molecule has 0 saturated carbocycles. The molecule has 0 aliphatic rings. The summed E-state index contributed by atoms with van der Waals surface area (Å²) in [6, 6.07) is 12.0. The van der Waals surface area contributed by atoms with Crippen LogP contribution in [-0.4, -0.2) is 27.7 Å². The molecule has 0 unspecified atom stereocenters. The zero-order chi connectivity index (χ0) is 19.1. The number of benzene rings is 1. The summed E-state index contributed by atoms with van der Waals surface area (Å²) in [5.41, 5.74) is 5.96. The Morgan fingerprint density at radius 2 is 1.70 bits per heavy atom. The average Bonchev–Trinajstić information content (AvgIpc) is 3.14. The number of carbonyl (C=O) groups is 3. The molecule has 0 spiro atoms. The van der Waals surface area contributed by atoms with Crippen molar-refractivity contribution in [2.75, 3.05) is 5.32 Å². The van der Waals surface area contributed by atoms with Crippen molar-refractivity contribution in [2.45, 2.75) is 6.42 Å². The van der Waals surface area contributed by atoms with Gasteiger partial charge in [-0.15, -0.1) is 11.3 Å². The van der Waals surface area contributed by atoms with Crippen molar-refractivity contribution in [1.29, 1.82) is 0 Å². The molecule has 0 atom stereocenters. The number of nitrogens with one attached hydrogen (secondary N) is 3. The third kappa shape index (κ3) is 5.19. The van der Waals surface area contributed by atoms with Gasteiger partial charge >= 0.3 is 0 Å². The SMILES string of the molecule is O=C(Cc1csc(NC(=O)c2ccccc2)n1)NNC(=O)c1cccnc1. The van der Waals surface area contributed by atoms with E-state index in [1.807, 2.05) is 6.07 Å². The Kier molecular flexibility index (Phi) is 5.85. The van der Waals surface area contributed by atoms with E-state index in [-0.39, 0.29) is 12.3 Å². The monoisotopic (exact) mass is 381 g/mol. The number of anilines is 1. The van der Waals surface area contributed by atoms with E-state index in [0.29, 0.717) is 22.0 Å². The summed E-state index contributed by atoms with van der Waals surface area (Å²) in [5.74, 6) is -1.17. The van der Waals surface area contributed by atoms with Gasteiger partial charge in [-0.05, 0) is 24.3 Å². The van der Waals surface area contributed by atoms with Gasteiger partial charge in [0.15, 0.2) is 5.13 Å². The smallest absolute Gasteiger partial charge is 0.271 e. The number of carbonyl (C=O) groups excluding carboxylic acids is 3. The largest absolute Gasteiger partial charge is 0.298 e. The van der Waals surface area contributed by atoms with Crippen LogP contribution in [0.2, 0.25) is 0 Å². The number of thiazole rings is 1. The first kappa shape index (κ1) is 18.2. The number of hydrazine groups is 1. The number of hydrogen-bond donors (Lipinski definition) is 3. The predicted octanol–water partition coefficient (Wildman–Crippen LogP) is 1.79. The van der Waals surface area contributed by atoms with Crippen molar-refractivity contribution in [2.24, 2.45) is 0 Å². The average molecular weight is 381 g/mol. The van der Waals surface area contributed by atoms with Gasteiger partial charge in [0, 0.05) is 23.3 Å². The van der Waals surface area contributed by atoms with Gasteiger partial charge in [0.05, 0.1) is 17.7 Å². The fourth-order valence-electron chi connectivity index (χ4n) is 2.11. The van der Waals surface area contributed by atoms with Crippen LogP contribution in [0.3, 0.4) is 0 Å². The molecule has 2 heterocycles. The molecule has 0 aliphatic heterocycles.